The summed E-state index contributed by atoms with van der Waals surface area (Å²) in [6.07, 6.45) is 8.02. The third kappa shape index (κ3) is 2.75. The molecule has 1 aromatic rings. The molecular formula is C14H20N4O2. The minimum atomic E-state index is -1.02. The van der Waals surface area contributed by atoms with E-state index in [2.05, 4.69) is 19.8 Å². The van der Waals surface area contributed by atoms with Gasteiger partial charge in [-0.1, -0.05) is 6.42 Å². The zero-order valence-electron chi connectivity index (χ0n) is 11.5. The maximum absolute atomic E-state index is 11.0. The van der Waals surface area contributed by atoms with Crippen molar-refractivity contribution in [2.45, 2.75) is 31.7 Å². The molecule has 0 radical (unpaired) electrons. The van der Waals surface area contributed by atoms with Gasteiger partial charge >= 0.3 is 5.97 Å². The first-order valence-corrected chi connectivity index (χ1v) is 7.28. The van der Waals surface area contributed by atoms with Crippen LogP contribution >= 0.6 is 0 Å². The molecule has 0 saturated carbocycles. The lowest BCUT2D eigenvalue weighted by molar-refractivity contribution is 0.0690. The van der Waals surface area contributed by atoms with E-state index in [4.69, 9.17) is 5.11 Å². The molecule has 2 fully saturated rings. The smallest absolute Gasteiger partial charge is 0.356 e. The van der Waals surface area contributed by atoms with Gasteiger partial charge in [-0.25, -0.2) is 9.78 Å². The summed E-state index contributed by atoms with van der Waals surface area (Å²) in [5.41, 5.74) is 0.0175. The van der Waals surface area contributed by atoms with E-state index in [-0.39, 0.29) is 5.69 Å². The van der Waals surface area contributed by atoms with Crippen molar-refractivity contribution in [3.8, 4) is 0 Å². The van der Waals surface area contributed by atoms with Crippen LogP contribution in [0.5, 0.6) is 0 Å². The van der Waals surface area contributed by atoms with Gasteiger partial charge in [0.15, 0.2) is 5.69 Å². The Morgan fingerprint density at radius 3 is 2.75 bits per heavy atom. The first-order valence-electron chi connectivity index (χ1n) is 7.28. The van der Waals surface area contributed by atoms with Gasteiger partial charge in [-0.2, -0.15) is 0 Å². The Hall–Kier alpha value is -1.69. The monoisotopic (exact) mass is 276 g/mol. The lowest BCUT2D eigenvalue weighted by Crippen LogP contribution is -2.41. The van der Waals surface area contributed by atoms with Gasteiger partial charge in [0.2, 0.25) is 0 Å². The third-order valence-electron chi connectivity index (χ3n) is 4.24. The fourth-order valence-electron chi connectivity index (χ4n) is 3.14. The third-order valence-corrected chi connectivity index (χ3v) is 4.24. The molecule has 6 heteroatoms. The fourth-order valence-corrected chi connectivity index (χ4v) is 3.14. The zero-order valence-corrected chi connectivity index (χ0v) is 11.5. The highest BCUT2D eigenvalue weighted by atomic mass is 16.4. The minimum absolute atomic E-state index is 0.0175. The van der Waals surface area contributed by atoms with Crippen LogP contribution in [0.4, 0.5) is 5.82 Å². The molecule has 1 atom stereocenters. The predicted octanol–water partition coefficient (Wildman–Crippen LogP) is 1.24. The van der Waals surface area contributed by atoms with Crippen molar-refractivity contribution < 1.29 is 9.90 Å². The van der Waals surface area contributed by atoms with Gasteiger partial charge in [0.05, 0.1) is 12.4 Å². The van der Waals surface area contributed by atoms with Crippen LogP contribution in [0.25, 0.3) is 0 Å². The number of nitrogens with zero attached hydrogens (tertiary/aromatic N) is 4. The molecule has 1 N–H and O–H groups in total. The highest BCUT2D eigenvalue weighted by Gasteiger charge is 2.29. The van der Waals surface area contributed by atoms with Gasteiger partial charge in [-0.15, -0.1) is 0 Å². The van der Waals surface area contributed by atoms with Crippen molar-refractivity contribution in [3.63, 3.8) is 0 Å². The van der Waals surface area contributed by atoms with Crippen LogP contribution in [-0.2, 0) is 0 Å². The van der Waals surface area contributed by atoms with Crippen LogP contribution in [0, 0.1) is 0 Å². The molecule has 1 aromatic heterocycles. The van der Waals surface area contributed by atoms with Crippen LogP contribution in [0.3, 0.4) is 0 Å². The first kappa shape index (κ1) is 13.3. The Bertz CT molecular complexity index is 488. The van der Waals surface area contributed by atoms with Crippen molar-refractivity contribution in [2.75, 3.05) is 31.1 Å². The largest absolute Gasteiger partial charge is 0.476 e. The second kappa shape index (κ2) is 5.75. The fraction of sp³-hybridized carbons (Fsp3) is 0.643. The summed E-state index contributed by atoms with van der Waals surface area (Å²) in [4.78, 5) is 23.8. The number of aromatic nitrogens is 2. The van der Waals surface area contributed by atoms with Gasteiger partial charge in [-0.3, -0.25) is 9.88 Å². The summed E-state index contributed by atoms with van der Waals surface area (Å²) in [5, 5.41) is 8.98. The molecule has 3 heterocycles. The number of piperidine rings is 1. The molecule has 0 spiro atoms. The quantitative estimate of drug-likeness (QED) is 0.895. The average Bonchev–Trinajstić information content (AvgIpc) is 2.98. The number of carboxylic acids is 1. The number of anilines is 1. The number of rotatable bonds is 3. The van der Waals surface area contributed by atoms with Crippen molar-refractivity contribution in [1.29, 1.82) is 0 Å². The average molecular weight is 276 g/mol. The van der Waals surface area contributed by atoms with E-state index in [1.807, 2.05) is 0 Å². The first-order chi connectivity index (χ1) is 9.74. The summed E-state index contributed by atoms with van der Waals surface area (Å²) in [6.45, 7) is 4.25. The Kier molecular flexibility index (Phi) is 3.82. The lowest BCUT2D eigenvalue weighted by atomic mass is 10.1. The van der Waals surface area contributed by atoms with Gasteiger partial charge in [0.25, 0.3) is 0 Å². The topological polar surface area (TPSA) is 69.6 Å². The molecule has 6 nitrogen and oxygen atoms in total. The maximum Gasteiger partial charge on any atom is 0.356 e. The molecule has 1 unspecified atom stereocenters. The van der Waals surface area contributed by atoms with Crippen molar-refractivity contribution in [2.24, 2.45) is 0 Å². The molecule has 108 valence electrons. The van der Waals surface area contributed by atoms with Gasteiger partial charge in [-0.05, 0) is 32.4 Å². The summed E-state index contributed by atoms with van der Waals surface area (Å²) >= 11 is 0. The molecule has 0 aliphatic carbocycles. The summed E-state index contributed by atoms with van der Waals surface area (Å²) in [7, 11) is 0. The Labute approximate surface area is 118 Å². The second-order valence-corrected chi connectivity index (χ2v) is 5.55. The van der Waals surface area contributed by atoms with E-state index >= 15 is 0 Å². The van der Waals surface area contributed by atoms with E-state index in [1.165, 1.54) is 38.5 Å². The molecule has 3 rings (SSSR count). The second-order valence-electron chi connectivity index (χ2n) is 5.55. The number of hydrogen-bond donors (Lipinski definition) is 1. The van der Waals surface area contributed by atoms with Crippen molar-refractivity contribution in [1.82, 2.24) is 14.9 Å². The van der Waals surface area contributed by atoms with Crippen LogP contribution in [0.15, 0.2) is 12.4 Å². The molecular weight excluding hydrogens is 256 g/mol. The number of likely N-dealkylation sites (tertiary alicyclic amines) is 1. The molecule has 2 saturated heterocycles. The van der Waals surface area contributed by atoms with Crippen molar-refractivity contribution >= 4 is 11.8 Å². The Morgan fingerprint density at radius 1 is 1.20 bits per heavy atom. The molecule has 2 aliphatic heterocycles. The molecule has 20 heavy (non-hydrogen) atoms. The van der Waals surface area contributed by atoms with Crippen LogP contribution in [0.1, 0.15) is 36.2 Å². The maximum atomic E-state index is 11.0. The molecule has 0 amide bonds. The van der Waals surface area contributed by atoms with Crippen LogP contribution < -0.4 is 4.90 Å². The molecule has 0 aromatic carbocycles. The van der Waals surface area contributed by atoms with E-state index in [1.54, 1.807) is 6.20 Å². The lowest BCUT2D eigenvalue weighted by Gasteiger charge is -2.32. The molecule has 2 aliphatic rings. The van der Waals surface area contributed by atoms with Gasteiger partial charge in [0, 0.05) is 19.1 Å². The van der Waals surface area contributed by atoms with E-state index in [0.717, 1.165) is 19.5 Å². The summed E-state index contributed by atoms with van der Waals surface area (Å²) < 4.78 is 0. The minimum Gasteiger partial charge on any atom is -0.476 e. The standard InChI is InChI=1S/C14H20N4O2/c19-14(20)12-8-15-9-13(16-12)18-7-4-11(10-18)17-5-2-1-3-6-17/h8-9,11H,1-7,10H2,(H,19,20). The SMILES string of the molecule is O=C(O)c1cncc(N2CCC(N3CCCCC3)C2)n1. The number of hydrogen-bond acceptors (Lipinski definition) is 5. The Morgan fingerprint density at radius 2 is 2.00 bits per heavy atom. The normalized spacial score (nSPS) is 24.0. The Balaban J connectivity index is 1.67. The van der Waals surface area contributed by atoms with Gasteiger partial charge < -0.3 is 10.0 Å². The van der Waals surface area contributed by atoms with Crippen LogP contribution in [-0.4, -0.2) is 58.2 Å². The highest BCUT2D eigenvalue weighted by molar-refractivity contribution is 5.85. The summed E-state index contributed by atoms with van der Waals surface area (Å²) in [6, 6.07) is 0.575. The highest BCUT2D eigenvalue weighted by Crippen LogP contribution is 2.23. The zero-order chi connectivity index (χ0) is 13.9. The van der Waals surface area contributed by atoms with E-state index in [0.29, 0.717) is 11.9 Å². The number of carboxylic acid groups (broad SMARTS) is 1. The predicted molar refractivity (Wildman–Crippen MR) is 75.0 cm³/mol. The van der Waals surface area contributed by atoms with Gasteiger partial charge in [0.1, 0.15) is 5.82 Å². The van der Waals surface area contributed by atoms with Crippen molar-refractivity contribution in [3.05, 3.63) is 18.1 Å². The van der Waals surface area contributed by atoms with E-state index < -0.39 is 5.97 Å². The van der Waals surface area contributed by atoms with E-state index in [9.17, 15) is 4.79 Å². The molecule has 0 bridgehead atoms. The number of aromatic carboxylic acids is 1. The van der Waals surface area contributed by atoms with Crippen LogP contribution in [0.2, 0.25) is 0 Å². The summed E-state index contributed by atoms with van der Waals surface area (Å²) in [5.74, 6) is -0.337. The number of carbonyl (C=O) groups is 1.